The molecule has 6 nitrogen and oxygen atoms in total. The third-order valence-electron chi connectivity index (χ3n) is 3.09. The van der Waals surface area contributed by atoms with Crippen molar-refractivity contribution in [3.63, 3.8) is 0 Å². The van der Waals surface area contributed by atoms with Crippen LogP contribution in [-0.4, -0.2) is 33.7 Å². The number of phenolic OH excluding ortho intramolecular Hbond substituents is 1. The molecular formula is C14H14N4O2S. The quantitative estimate of drug-likeness (QED) is 0.753. The lowest BCUT2D eigenvalue weighted by molar-refractivity contribution is 0.373. The number of fused-ring (bicyclic) bond motifs is 1. The predicted octanol–water partition coefficient (Wildman–Crippen LogP) is 2.46. The highest BCUT2D eigenvalue weighted by Gasteiger charge is 2.06. The summed E-state index contributed by atoms with van der Waals surface area (Å²) in [6, 6.07) is 5.34. The van der Waals surface area contributed by atoms with E-state index in [1.807, 2.05) is 12.1 Å². The lowest BCUT2D eigenvalue weighted by Crippen LogP contribution is -2.07. The first kappa shape index (κ1) is 13.6. The highest BCUT2D eigenvalue weighted by Crippen LogP contribution is 2.26. The van der Waals surface area contributed by atoms with Crippen LogP contribution in [0.1, 0.15) is 5.56 Å². The standard InChI is InChI=1S/C14H14N4O2S/c1-20-11-6-9(2-3-10(11)19)4-5-15-13-12-14(17-7-16-13)21-8-18-12/h2-3,6-8,19H,4-5H2,1H3,(H,15,16,17). The van der Waals surface area contributed by atoms with Crippen LogP contribution in [0.5, 0.6) is 11.5 Å². The Morgan fingerprint density at radius 3 is 3.05 bits per heavy atom. The van der Waals surface area contributed by atoms with Crippen molar-refractivity contribution in [3.8, 4) is 11.5 Å². The van der Waals surface area contributed by atoms with E-state index in [1.165, 1.54) is 24.8 Å². The minimum atomic E-state index is 0.147. The van der Waals surface area contributed by atoms with Gasteiger partial charge >= 0.3 is 0 Å². The summed E-state index contributed by atoms with van der Waals surface area (Å²) in [7, 11) is 1.54. The molecular weight excluding hydrogens is 288 g/mol. The molecule has 0 aliphatic carbocycles. The summed E-state index contributed by atoms with van der Waals surface area (Å²) in [4.78, 5) is 13.5. The zero-order valence-electron chi connectivity index (χ0n) is 11.4. The van der Waals surface area contributed by atoms with Crippen molar-refractivity contribution >= 4 is 27.5 Å². The molecule has 0 aliphatic heterocycles. The average molecular weight is 302 g/mol. The molecule has 2 heterocycles. The molecule has 1 aromatic carbocycles. The fourth-order valence-electron chi connectivity index (χ4n) is 2.03. The Kier molecular flexibility index (Phi) is 3.83. The third kappa shape index (κ3) is 2.87. The van der Waals surface area contributed by atoms with Crippen LogP contribution in [0.25, 0.3) is 10.3 Å². The Bertz CT molecular complexity index is 760. The van der Waals surface area contributed by atoms with Gasteiger partial charge in [-0.25, -0.2) is 15.0 Å². The van der Waals surface area contributed by atoms with Crippen LogP contribution in [0.2, 0.25) is 0 Å². The molecule has 0 bridgehead atoms. The van der Waals surface area contributed by atoms with Gasteiger partial charge in [0.05, 0.1) is 12.6 Å². The number of methoxy groups -OCH3 is 1. The van der Waals surface area contributed by atoms with Crippen LogP contribution in [0, 0.1) is 0 Å². The molecule has 0 spiro atoms. The minimum absolute atomic E-state index is 0.147. The summed E-state index contributed by atoms with van der Waals surface area (Å²) in [5, 5.41) is 12.8. The Hall–Kier alpha value is -2.41. The highest BCUT2D eigenvalue weighted by atomic mass is 32.1. The van der Waals surface area contributed by atoms with E-state index in [-0.39, 0.29) is 5.75 Å². The van der Waals surface area contributed by atoms with E-state index in [0.29, 0.717) is 12.3 Å². The molecule has 0 saturated carbocycles. The monoisotopic (exact) mass is 302 g/mol. The number of aromatic hydroxyl groups is 1. The van der Waals surface area contributed by atoms with Crippen molar-refractivity contribution in [1.82, 2.24) is 15.0 Å². The second-order valence-electron chi connectivity index (χ2n) is 4.41. The molecule has 0 amide bonds. The molecule has 0 aliphatic rings. The van der Waals surface area contributed by atoms with E-state index in [4.69, 9.17) is 4.74 Å². The Labute approximate surface area is 125 Å². The van der Waals surface area contributed by atoms with Gasteiger partial charge in [0, 0.05) is 6.54 Å². The highest BCUT2D eigenvalue weighted by molar-refractivity contribution is 7.16. The number of hydrogen-bond donors (Lipinski definition) is 2. The second-order valence-corrected chi connectivity index (χ2v) is 5.24. The molecule has 21 heavy (non-hydrogen) atoms. The van der Waals surface area contributed by atoms with Crippen molar-refractivity contribution in [2.24, 2.45) is 0 Å². The maximum Gasteiger partial charge on any atom is 0.160 e. The first-order valence-electron chi connectivity index (χ1n) is 6.42. The number of hydrogen-bond acceptors (Lipinski definition) is 7. The molecule has 0 fully saturated rings. The SMILES string of the molecule is COc1cc(CCNc2ncnc3scnc23)ccc1O. The number of nitrogens with one attached hydrogen (secondary N) is 1. The van der Waals surface area contributed by atoms with Gasteiger partial charge in [-0.3, -0.25) is 0 Å². The number of thiazole rings is 1. The van der Waals surface area contributed by atoms with E-state index in [0.717, 1.165) is 28.1 Å². The summed E-state index contributed by atoms with van der Waals surface area (Å²) >= 11 is 1.49. The summed E-state index contributed by atoms with van der Waals surface area (Å²) in [6.07, 6.45) is 2.32. The van der Waals surface area contributed by atoms with Crippen molar-refractivity contribution in [3.05, 3.63) is 35.6 Å². The molecule has 3 aromatic rings. The normalized spacial score (nSPS) is 10.7. The molecule has 2 N–H and O–H groups in total. The van der Waals surface area contributed by atoms with Crippen molar-refractivity contribution in [1.29, 1.82) is 0 Å². The first-order valence-corrected chi connectivity index (χ1v) is 7.30. The largest absolute Gasteiger partial charge is 0.504 e. The Balaban J connectivity index is 1.67. The van der Waals surface area contributed by atoms with Crippen LogP contribution in [0.4, 0.5) is 5.82 Å². The van der Waals surface area contributed by atoms with Gasteiger partial charge in [0.1, 0.15) is 16.7 Å². The number of benzene rings is 1. The van der Waals surface area contributed by atoms with Gasteiger partial charge in [-0.15, -0.1) is 11.3 Å². The molecule has 0 unspecified atom stereocenters. The average Bonchev–Trinajstić information content (AvgIpc) is 2.98. The van der Waals surface area contributed by atoms with Gasteiger partial charge in [0.25, 0.3) is 0 Å². The van der Waals surface area contributed by atoms with Crippen LogP contribution < -0.4 is 10.1 Å². The summed E-state index contributed by atoms with van der Waals surface area (Å²) < 4.78 is 5.10. The predicted molar refractivity (Wildman–Crippen MR) is 82.1 cm³/mol. The van der Waals surface area contributed by atoms with Crippen LogP contribution >= 0.6 is 11.3 Å². The Morgan fingerprint density at radius 1 is 1.29 bits per heavy atom. The third-order valence-corrected chi connectivity index (χ3v) is 3.82. The molecule has 0 atom stereocenters. The molecule has 7 heteroatoms. The lowest BCUT2D eigenvalue weighted by atomic mass is 10.1. The number of nitrogens with zero attached hydrogens (tertiary/aromatic N) is 3. The van der Waals surface area contributed by atoms with Crippen LogP contribution in [0.3, 0.4) is 0 Å². The van der Waals surface area contributed by atoms with Gasteiger partial charge in [0.15, 0.2) is 17.3 Å². The number of ether oxygens (including phenoxy) is 1. The Morgan fingerprint density at radius 2 is 2.19 bits per heavy atom. The summed E-state index contributed by atoms with van der Waals surface area (Å²) in [5.41, 5.74) is 3.63. The van der Waals surface area contributed by atoms with Gasteiger partial charge in [-0.05, 0) is 24.1 Å². The van der Waals surface area contributed by atoms with E-state index < -0.39 is 0 Å². The van der Waals surface area contributed by atoms with E-state index in [1.54, 1.807) is 11.6 Å². The lowest BCUT2D eigenvalue weighted by Gasteiger charge is -2.08. The van der Waals surface area contributed by atoms with E-state index in [2.05, 4.69) is 20.3 Å². The second kappa shape index (κ2) is 5.92. The van der Waals surface area contributed by atoms with Gasteiger partial charge < -0.3 is 15.2 Å². The van der Waals surface area contributed by atoms with Gasteiger partial charge in [-0.1, -0.05) is 6.07 Å². The number of rotatable bonds is 5. The van der Waals surface area contributed by atoms with Crippen molar-refractivity contribution < 1.29 is 9.84 Å². The van der Waals surface area contributed by atoms with E-state index in [9.17, 15) is 5.11 Å². The summed E-state index contributed by atoms with van der Waals surface area (Å²) in [5.74, 6) is 1.37. The molecule has 108 valence electrons. The first-order chi connectivity index (χ1) is 10.3. The molecule has 0 radical (unpaired) electrons. The fraction of sp³-hybridized carbons (Fsp3) is 0.214. The zero-order chi connectivity index (χ0) is 14.7. The fourth-order valence-corrected chi connectivity index (χ4v) is 2.65. The summed E-state index contributed by atoms with van der Waals surface area (Å²) in [6.45, 7) is 0.706. The minimum Gasteiger partial charge on any atom is -0.504 e. The maximum absolute atomic E-state index is 9.57. The maximum atomic E-state index is 9.57. The van der Waals surface area contributed by atoms with Gasteiger partial charge in [-0.2, -0.15) is 0 Å². The number of phenols is 1. The van der Waals surface area contributed by atoms with Crippen molar-refractivity contribution in [2.75, 3.05) is 19.0 Å². The smallest absolute Gasteiger partial charge is 0.160 e. The molecule has 3 rings (SSSR count). The van der Waals surface area contributed by atoms with Gasteiger partial charge in [0.2, 0.25) is 0 Å². The van der Waals surface area contributed by atoms with Crippen molar-refractivity contribution in [2.45, 2.75) is 6.42 Å². The molecule has 2 aromatic heterocycles. The number of anilines is 1. The van der Waals surface area contributed by atoms with Crippen LogP contribution in [0.15, 0.2) is 30.0 Å². The zero-order valence-corrected chi connectivity index (χ0v) is 12.2. The topological polar surface area (TPSA) is 80.2 Å². The number of aromatic nitrogens is 3. The van der Waals surface area contributed by atoms with E-state index >= 15 is 0 Å². The van der Waals surface area contributed by atoms with Crippen LogP contribution in [-0.2, 0) is 6.42 Å². The molecule has 0 saturated heterocycles.